The summed E-state index contributed by atoms with van der Waals surface area (Å²) in [6.07, 6.45) is 0. The second kappa shape index (κ2) is 2.32. The van der Waals surface area contributed by atoms with E-state index in [1.807, 2.05) is 18.2 Å². The number of hydrogen-bond donors (Lipinski definition) is 0. The van der Waals surface area contributed by atoms with Gasteiger partial charge in [0.1, 0.15) is 0 Å². The van der Waals surface area contributed by atoms with Crippen LogP contribution in [-0.2, 0) is 0 Å². The van der Waals surface area contributed by atoms with E-state index in [1.165, 1.54) is 4.70 Å². The molecule has 3 heteroatoms. The van der Waals surface area contributed by atoms with Crippen molar-refractivity contribution in [2.45, 2.75) is 0 Å². The fourth-order valence-electron chi connectivity index (χ4n) is 0.789. The lowest BCUT2D eigenvalue weighted by molar-refractivity contribution is 1.45. The standard InChI is InChI=1S/C7H3BrNS/c8-7-9-5-3-1-2-4-6(5)10-7/h1,3-4H. The summed E-state index contributed by atoms with van der Waals surface area (Å²) >= 11 is 4.94. The second-order valence-corrected chi connectivity index (χ2v) is 4.17. The summed E-state index contributed by atoms with van der Waals surface area (Å²) in [6, 6.07) is 8.76. The molecule has 49 valence electrons. The highest BCUT2D eigenvalue weighted by molar-refractivity contribution is 9.11. The van der Waals surface area contributed by atoms with Crippen molar-refractivity contribution in [3.63, 3.8) is 0 Å². The summed E-state index contributed by atoms with van der Waals surface area (Å²) in [5.41, 5.74) is 1.04. The lowest BCUT2D eigenvalue weighted by Gasteiger charge is -1.79. The molecule has 0 aliphatic carbocycles. The molecule has 10 heavy (non-hydrogen) atoms. The van der Waals surface area contributed by atoms with Gasteiger partial charge in [-0.25, -0.2) is 4.98 Å². The Morgan fingerprint density at radius 3 is 3.30 bits per heavy atom. The summed E-state index contributed by atoms with van der Waals surface area (Å²) in [4.78, 5) is 4.23. The smallest absolute Gasteiger partial charge is 0.160 e. The Hall–Kier alpha value is -0.410. The van der Waals surface area contributed by atoms with Crippen LogP contribution in [0.4, 0.5) is 0 Å². The Labute approximate surface area is 70.8 Å². The molecule has 0 bridgehead atoms. The van der Waals surface area contributed by atoms with Gasteiger partial charge in [0.15, 0.2) is 3.92 Å². The SMILES string of the molecule is Brc1nc2cc[c]cc2s1. The van der Waals surface area contributed by atoms with E-state index in [0.29, 0.717) is 0 Å². The van der Waals surface area contributed by atoms with Crippen LogP contribution in [0.25, 0.3) is 10.2 Å². The van der Waals surface area contributed by atoms with Crippen molar-refractivity contribution in [3.8, 4) is 0 Å². The highest BCUT2D eigenvalue weighted by Crippen LogP contribution is 2.24. The topological polar surface area (TPSA) is 12.9 Å². The van der Waals surface area contributed by atoms with E-state index in [2.05, 4.69) is 27.0 Å². The minimum Gasteiger partial charge on any atom is -0.229 e. The van der Waals surface area contributed by atoms with Gasteiger partial charge in [-0.2, -0.15) is 0 Å². The zero-order valence-electron chi connectivity index (χ0n) is 4.97. The summed E-state index contributed by atoms with van der Waals surface area (Å²) in [5.74, 6) is 0. The molecule has 1 radical (unpaired) electrons. The van der Waals surface area contributed by atoms with Gasteiger partial charge >= 0.3 is 0 Å². The van der Waals surface area contributed by atoms with Gasteiger partial charge in [-0.15, -0.1) is 11.3 Å². The monoisotopic (exact) mass is 212 g/mol. The molecule has 0 atom stereocenters. The van der Waals surface area contributed by atoms with Crippen LogP contribution in [-0.4, -0.2) is 4.98 Å². The number of halogens is 1. The van der Waals surface area contributed by atoms with Gasteiger partial charge in [-0.05, 0) is 34.1 Å². The van der Waals surface area contributed by atoms with Crippen LogP contribution >= 0.6 is 27.3 Å². The molecule has 0 unspecified atom stereocenters. The number of aromatic nitrogens is 1. The van der Waals surface area contributed by atoms with Crippen molar-refractivity contribution in [3.05, 3.63) is 28.2 Å². The van der Waals surface area contributed by atoms with Gasteiger partial charge in [0.05, 0.1) is 10.2 Å². The zero-order chi connectivity index (χ0) is 6.97. The largest absolute Gasteiger partial charge is 0.229 e. The molecule has 2 rings (SSSR count). The molecule has 0 aliphatic rings. The van der Waals surface area contributed by atoms with Gasteiger partial charge in [-0.3, -0.25) is 0 Å². The third-order valence-electron chi connectivity index (χ3n) is 1.21. The maximum absolute atomic E-state index is 4.23. The summed E-state index contributed by atoms with van der Waals surface area (Å²) in [5, 5.41) is 0. The molecule has 1 nitrogen and oxygen atoms in total. The van der Waals surface area contributed by atoms with Crippen LogP contribution in [0.1, 0.15) is 0 Å². The van der Waals surface area contributed by atoms with Gasteiger partial charge in [0.2, 0.25) is 0 Å². The van der Waals surface area contributed by atoms with Crippen LogP contribution in [0.2, 0.25) is 0 Å². The maximum Gasteiger partial charge on any atom is 0.160 e. The maximum atomic E-state index is 4.23. The van der Waals surface area contributed by atoms with E-state index in [9.17, 15) is 0 Å². The van der Waals surface area contributed by atoms with Gasteiger partial charge < -0.3 is 0 Å². The summed E-state index contributed by atoms with van der Waals surface area (Å²) in [7, 11) is 0. The van der Waals surface area contributed by atoms with Crippen LogP contribution in [0.15, 0.2) is 22.1 Å². The molecule has 0 spiro atoms. The first-order chi connectivity index (χ1) is 4.86. The van der Waals surface area contributed by atoms with Gasteiger partial charge in [0.25, 0.3) is 0 Å². The molecule has 2 aromatic rings. The third kappa shape index (κ3) is 0.954. The number of nitrogens with zero attached hydrogens (tertiary/aromatic N) is 1. The molecule has 0 aliphatic heterocycles. The molecule has 0 saturated heterocycles. The van der Waals surface area contributed by atoms with E-state index in [-0.39, 0.29) is 0 Å². The Balaban J connectivity index is 2.88. The molecule has 0 saturated carbocycles. The summed E-state index contributed by atoms with van der Waals surface area (Å²) in [6.45, 7) is 0. The predicted molar refractivity (Wildman–Crippen MR) is 46.2 cm³/mol. The first-order valence-corrected chi connectivity index (χ1v) is 4.39. The van der Waals surface area contributed by atoms with Crippen molar-refractivity contribution < 1.29 is 0 Å². The molecule has 0 N–H and O–H groups in total. The van der Waals surface area contributed by atoms with Crippen LogP contribution in [0.5, 0.6) is 0 Å². The molecule has 0 fully saturated rings. The van der Waals surface area contributed by atoms with Crippen molar-refractivity contribution in [1.82, 2.24) is 4.98 Å². The van der Waals surface area contributed by atoms with E-state index < -0.39 is 0 Å². The van der Waals surface area contributed by atoms with E-state index >= 15 is 0 Å². The lowest BCUT2D eigenvalue weighted by Crippen LogP contribution is -1.63. The van der Waals surface area contributed by atoms with Gasteiger partial charge in [-0.1, -0.05) is 6.07 Å². The zero-order valence-corrected chi connectivity index (χ0v) is 7.37. The number of benzene rings is 1. The number of hydrogen-bond acceptors (Lipinski definition) is 2. The van der Waals surface area contributed by atoms with Crippen molar-refractivity contribution in [2.24, 2.45) is 0 Å². The predicted octanol–water partition coefficient (Wildman–Crippen LogP) is 2.86. The average molecular weight is 213 g/mol. The quantitative estimate of drug-likeness (QED) is 0.655. The fourth-order valence-corrected chi connectivity index (χ4v) is 2.17. The number of thiazole rings is 1. The second-order valence-electron chi connectivity index (χ2n) is 1.86. The highest BCUT2D eigenvalue weighted by atomic mass is 79.9. The Morgan fingerprint density at radius 1 is 1.60 bits per heavy atom. The average Bonchev–Trinajstić information content (AvgIpc) is 2.27. The molecule has 1 heterocycles. The minimum atomic E-state index is 0.933. The van der Waals surface area contributed by atoms with Crippen LogP contribution < -0.4 is 0 Å². The van der Waals surface area contributed by atoms with Crippen molar-refractivity contribution in [1.29, 1.82) is 0 Å². The minimum absolute atomic E-state index is 0.933. The lowest BCUT2D eigenvalue weighted by atomic mass is 10.3. The first-order valence-electron chi connectivity index (χ1n) is 2.78. The molecular weight excluding hydrogens is 210 g/mol. The molecule has 0 amide bonds. The Bertz CT molecular complexity index is 322. The summed E-state index contributed by atoms with van der Waals surface area (Å²) < 4.78 is 2.11. The number of fused-ring (bicyclic) bond motifs is 1. The van der Waals surface area contributed by atoms with E-state index in [0.717, 1.165) is 9.43 Å². The van der Waals surface area contributed by atoms with Crippen LogP contribution in [0, 0.1) is 6.07 Å². The molecular formula is C7H3BrNS. The van der Waals surface area contributed by atoms with Crippen molar-refractivity contribution >= 4 is 37.5 Å². The Morgan fingerprint density at radius 2 is 2.50 bits per heavy atom. The normalized spacial score (nSPS) is 10.5. The van der Waals surface area contributed by atoms with Crippen LogP contribution in [0.3, 0.4) is 0 Å². The highest BCUT2D eigenvalue weighted by Gasteiger charge is 1.97. The molecule has 1 aromatic heterocycles. The van der Waals surface area contributed by atoms with Crippen molar-refractivity contribution in [2.75, 3.05) is 0 Å². The first kappa shape index (κ1) is 6.31. The van der Waals surface area contributed by atoms with E-state index in [1.54, 1.807) is 11.3 Å². The van der Waals surface area contributed by atoms with E-state index in [4.69, 9.17) is 0 Å². The number of rotatable bonds is 0. The Kier molecular flexibility index (Phi) is 1.47. The molecule has 1 aromatic carbocycles. The third-order valence-corrected chi connectivity index (χ3v) is 2.68. The van der Waals surface area contributed by atoms with Gasteiger partial charge in [0, 0.05) is 0 Å². The fraction of sp³-hybridized carbons (Fsp3) is 0.